The van der Waals surface area contributed by atoms with Gasteiger partial charge in [-0.05, 0) is 29.8 Å². The molecule has 0 aliphatic carbocycles. The minimum Gasteiger partial charge on any atom is -0.484 e. The predicted molar refractivity (Wildman–Crippen MR) is 108 cm³/mol. The Balaban J connectivity index is 1.46. The number of rotatable bonds is 5. The molecule has 0 unspecified atom stereocenters. The summed E-state index contributed by atoms with van der Waals surface area (Å²) in [6, 6.07) is 15.4. The Bertz CT molecular complexity index is 1260. The predicted octanol–water partition coefficient (Wildman–Crippen LogP) is 2.27. The zero-order chi connectivity index (χ0) is 20.4. The molecule has 2 heterocycles. The maximum atomic E-state index is 12.3. The van der Waals surface area contributed by atoms with Gasteiger partial charge in [0, 0.05) is 16.9 Å². The summed E-state index contributed by atoms with van der Waals surface area (Å²) in [5, 5.41) is 4.39. The molecule has 0 saturated carbocycles. The van der Waals surface area contributed by atoms with Crippen LogP contribution < -0.4 is 15.7 Å². The molecule has 1 amide bonds. The van der Waals surface area contributed by atoms with Gasteiger partial charge in [-0.25, -0.2) is 13.2 Å². The SMILES string of the molecule is O=C(COc1ccc2cc(-c3ccccc3)c(=O)oc2c1)N[C@@H]1C=CS(=O)(=O)C1. The van der Waals surface area contributed by atoms with Gasteiger partial charge in [0.25, 0.3) is 5.91 Å². The van der Waals surface area contributed by atoms with E-state index in [-0.39, 0.29) is 12.4 Å². The number of hydrogen-bond acceptors (Lipinski definition) is 6. The van der Waals surface area contributed by atoms with Crippen LogP contribution in [0.15, 0.2) is 75.3 Å². The van der Waals surface area contributed by atoms with Crippen LogP contribution in [0, 0.1) is 0 Å². The maximum Gasteiger partial charge on any atom is 0.344 e. The lowest BCUT2D eigenvalue weighted by Crippen LogP contribution is -2.38. The monoisotopic (exact) mass is 411 g/mol. The van der Waals surface area contributed by atoms with Crippen molar-refractivity contribution in [2.75, 3.05) is 12.4 Å². The Hall–Kier alpha value is -3.39. The number of hydrogen-bond donors (Lipinski definition) is 1. The molecule has 1 atom stereocenters. The summed E-state index contributed by atoms with van der Waals surface area (Å²) in [7, 11) is -3.24. The van der Waals surface area contributed by atoms with Gasteiger partial charge in [-0.2, -0.15) is 0 Å². The average Bonchev–Trinajstić information content (AvgIpc) is 3.04. The van der Waals surface area contributed by atoms with Gasteiger partial charge in [0.1, 0.15) is 11.3 Å². The highest BCUT2D eigenvalue weighted by atomic mass is 32.2. The van der Waals surface area contributed by atoms with Crippen LogP contribution in [0.25, 0.3) is 22.1 Å². The van der Waals surface area contributed by atoms with Crippen molar-refractivity contribution < 1.29 is 22.4 Å². The fourth-order valence-corrected chi connectivity index (χ4v) is 4.30. The minimum atomic E-state index is -3.24. The molecule has 2 aromatic carbocycles. The van der Waals surface area contributed by atoms with Crippen LogP contribution in [-0.4, -0.2) is 32.7 Å². The van der Waals surface area contributed by atoms with Crippen molar-refractivity contribution in [3.8, 4) is 16.9 Å². The molecule has 4 rings (SSSR count). The molecule has 148 valence electrons. The van der Waals surface area contributed by atoms with Gasteiger partial charge >= 0.3 is 5.63 Å². The first-order valence-electron chi connectivity index (χ1n) is 8.86. The van der Waals surface area contributed by atoms with Crippen LogP contribution in [0.3, 0.4) is 0 Å². The number of nitrogens with one attached hydrogen (secondary N) is 1. The third kappa shape index (κ3) is 4.38. The molecule has 0 saturated heterocycles. The van der Waals surface area contributed by atoms with Crippen LogP contribution in [0.2, 0.25) is 0 Å². The highest BCUT2D eigenvalue weighted by molar-refractivity contribution is 7.94. The van der Waals surface area contributed by atoms with E-state index >= 15 is 0 Å². The molecule has 29 heavy (non-hydrogen) atoms. The van der Waals surface area contributed by atoms with E-state index in [0.29, 0.717) is 16.9 Å². The molecule has 0 radical (unpaired) electrons. The van der Waals surface area contributed by atoms with E-state index in [2.05, 4.69) is 5.32 Å². The van der Waals surface area contributed by atoms with Gasteiger partial charge in [0.05, 0.1) is 17.4 Å². The van der Waals surface area contributed by atoms with Gasteiger partial charge in [-0.15, -0.1) is 0 Å². The Labute approximate surface area is 166 Å². The van der Waals surface area contributed by atoms with E-state index < -0.39 is 27.4 Å². The molecule has 1 aliphatic heterocycles. The van der Waals surface area contributed by atoms with Crippen LogP contribution >= 0.6 is 0 Å². The van der Waals surface area contributed by atoms with Crippen molar-refractivity contribution in [1.82, 2.24) is 5.32 Å². The van der Waals surface area contributed by atoms with Crippen LogP contribution in [0.1, 0.15) is 0 Å². The number of sulfone groups is 1. The molecule has 8 heteroatoms. The molecule has 3 aromatic rings. The first kappa shape index (κ1) is 18.9. The number of ether oxygens (including phenoxy) is 1. The fourth-order valence-electron chi connectivity index (χ4n) is 3.06. The third-order valence-corrected chi connectivity index (χ3v) is 5.83. The van der Waals surface area contributed by atoms with Gasteiger partial charge < -0.3 is 14.5 Å². The van der Waals surface area contributed by atoms with E-state index in [0.717, 1.165) is 16.4 Å². The summed E-state index contributed by atoms with van der Waals surface area (Å²) in [5.74, 6) is -0.237. The Morgan fingerprint density at radius 1 is 1.14 bits per heavy atom. The van der Waals surface area contributed by atoms with E-state index in [9.17, 15) is 18.0 Å². The molecular weight excluding hydrogens is 394 g/mol. The summed E-state index contributed by atoms with van der Waals surface area (Å²) >= 11 is 0. The lowest BCUT2D eigenvalue weighted by atomic mass is 10.1. The second-order valence-corrected chi connectivity index (χ2v) is 8.57. The summed E-state index contributed by atoms with van der Waals surface area (Å²) in [4.78, 5) is 24.3. The van der Waals surface area contributed by atoms with Crippen LogP contribution in [0.5, 0.6) is 5.75 Å². The highest BCUT2D eigenvalue weighted by Gasteiger charge is 2.23. The molecule has 0 spiro atoms. The lowest BCUT2D eigenvalue weighted by molar-refractivity contribution is -0.123. The van der Waals surface area contributed by atoms with Crippen molar-refractivity contribution >= 4 is 26.7 Å². The van der Waals surface area contributed by atoms with Crippen LogP contribution in [-0.2, 0) is 14.6 Å². The first-order valence-corrected chi connectivity index (χ1v) is 10.6. The molecule has 1 aromatic heterocycles. The Morgan fingerprint density at radius 3 is 2.66 bits per heavy atom. The van der Waals surface area contributed by atoms with E-state index in [1.807, 2.05) is 30.3 Å². The van der Waals surface area contributed by atoms with Crippen LogP contribution in [0.4, 0.5) is 0 Å². The molecular formula is C21H17NO6S. The molecule has 0 fully saturated rings. The Morgan fingerprint density at radius 2 is 1.93 bits per heavy atom. The zero-order valence-electron chi connectivity index (χ0n) is 15.2. The summed E-state index contributed by atoms with van der Waals surface area (Å²) in [6.07, 6.45) is 1.43. The number of fused-ring (bicyclic) bond motifs is 1. The van der Waals surface area contributed by atoms with Crippen molar-refractivity contribution in [3.05, 3.63) is 76.5 Å². The third-order valence-electron chi connectivity index (χ3n) is 4.44. The van der Waals surface area contributed by atoms with Gasteiger partial charge in [-0.3, -0.25) is 4.79 Å². The highest BCUT2D eigenvalue weighted by Crippen LogP contribution is 2.24. The molecule has 7 nitrogen and oxygen atoms in total. The first-order chi connectivity index (χ1) is 13.9. The van der Waals surface area contributed by atoms with Crippen molar-refractivity contribution in [1.29, 1.82) is 0 Å². The quantitative estimate of drug-likeness (QED) is 0.646. The van der Waals surface area contributed by atoms with Gasteiger partial charge in [0.15, 0.2) is 16.4 Å². The number of amides is 1. The maximum absolute atomic E-state index is 12.3. The van der Waals surface area contributed by atoms with Crippen molar-refractivity contribution in [2.45, 2.75) is 6.04 Å². The average molecular weight is 411 g/mol. The van der Waals surface area contributed by atoms with Crippen molar-refractivity contribution in [3.63, 3.8) is 0 Å². The normalized spacial score (nSPS) is 17.3. The number of carbonyl (C=O) groups excluding carboxylic acids is 1. The summed E-state index contributed by atoms with van der Waals surface area (Å²) < 4.78 is 33.6. The second kappa shape index (κ2) is 7.56. The second-order valence-electron chi connectivity index (χ2n) is 6.63. The van der Waals surface area contributed by atoms with E-state index in [1.54, 1.807) is 24.3 Å². The zero-order valence-corrected chi connectivity index (χ0v) is 16.0. The fraction of sp³-hybridized carbons (Fsp3) is 0.143. The van der Waals surface area contributed by atoms with E-state index in [4.69, 9.17) is 9.15 Å². The largest absolute Gasteiger partial charge is 0.484 e. The molecule has 0 bridgehead atoms. The van der Waals surface area contributed by atoms with Crippen molar-refractivity contribution in [2.24, 2.45) is 0 Å². The molecule has 1 N–H and O–H groups in total. The summed E-state index contributed by atoms with van der Waals surface area (Å²) in [6.45, 7) is -0.289. The number of carbonyl (C=O) groups is 1. The smallest absolute Gasteiger partial charge is 0.344 e. The van der Waals surface area contributed by atoms with E-state index in [1.165, 1.54) is 6.08 Å². The molecule has 1 aliphatic rings. The van der Waals surface area contributed by atoms with Gasteiger partial charge in [0.2, 0.25) is 0 Å². The standard InChI is InChI=1S/C21H17NO6S/c23-20(22-16-8-9-29(25,26)13-16)12-27-17-7-6-15-10-18(14-4-2-1-3-5-14)21(24)28-19(15)11-17/h1-11,16H,12-13H2,(H,22,23)/t16-/m1/s1. The number of benzene rings is 2. The van der Waals surface area contributed by atoms with Gasteiger partial charge in [-0.1, -0.05) is 30.3 Å². The summed E-state index contributed by atoms with van der Waals surface area (Å²) in [5.41, 5.74) is 1.11. The minimum absolute atomic E-state index is 0.149. The Kier molecular flexibility index (Phi) is 4.94. The topological polar surface area (TPSA) is 103 Å². The lowest BCUT2D eigenvalue weighted by Gasteiger charge is -2.11.